The molecule has 25 heavy (non-hydrogen) atoms. The Balaban J connectivity index is 1.86. The van der Waals surface area contributed by atoms with Gasteiger partial charge in [-0.3, -0.25) is 4.98 Å². The monoisotopic (exact) mass is 343 g/mol. The van der Waals surface area contributed by atoms with E-state index in [1.165, 1.54) is 6.20 Å². The molecule has 1 aromatic heterocycles. The number of aryl methyl sites for hydroxylation is 1. The molecule has 0 radical (unpaired) electrons. The first-order valence-corrected chi connectivity index (χ1v) is 8.09. The van der Waals surface area contributed by atoms with Gasteiger partial charge in [-0.05, 0) is 19.4 Å². The molecule has 0 saturated heterocycles. The van der Waals surface area contributed by atoms with E-state index < -0.39 is 17.7 Å². The van der Waals surface area contributed by atoms with Gasteiger partial charge in [0.15, 0.2) is 11.6 Å². The van der Waals surface area contributed by atoms with Gasteiger partial charge in [0, 0.05) is 25.2 Å². The molecular formula is C19H19F2N3O. The molecule has 130 valence electrons. The maximum absolute atomic E-state index is 13.4. The maximum Gasteiger partial charge on any atom is 0.161 e. The Kier molecular flexibility index (Phi) is 4.90. The molecule has 3 aromatic rings. The second-order valence-corrected chi connectivity index (χ2v) is 5.95. The summed E-state index contributed by atoms with van der Waals surface area (Å²) >= 11 is 0. The molecule has 0 aliphatic carbocycles. The van der Waals surface area contributed by atoms with E-state index in [0.29, 0.717) is 18.9 Å². The molecular weight excluding hydrogens is 324 g/mol. The van der Waals surface area contributed by atoms with E-state index >= 15 is 0 Å². The van der Waals surface area contributed by atoms with Crippen LogP contribution in [0, 0.1) is 18.6 Å². The summed E-state index contributed by atoms with van der Waals surface area (Å²) in [4.78, 5) is 10.4. The van der Waals surface area contributed by atoms with Crippen molar-refractivity contribution in [3.8, 4) is 0 Å². The van der Waals surface area contributed by atoms with Crippen molar-refractivity contribution < 1.29 is 13.9 Å². The minimum absolute atomic E-state index is 0.277. The van der Waals surface area contributed by atoms with Crippen molar-refractivity contribution in [3.63, 3.8) is 0 Å². The minimum Gasteiger partial charge on any atom is -0.387 e. The van der Waals surface area contributed by atoms with Crippen LogP contribution in [0.2, 0.25) is 0 Å². The third-order valence-electron chi connectivity index (χ3n) is 4.13. The van der Waals surface area contributed by atoms with Crippen LogP contribution >= 0.6 is 0 Å². The van der Waals surface area contributed by atoms with E-state index in [-0.39, 0.29) is 11.0 Å². The summed E-state index contributed by atoms with van der Waals surface area (Å²) in [6, 6.07) is 9.73. The number of hydrogen-bond donors (Lipinski definition) is 1. The second-order valence-electron chi connectivity index (χ2n) is 5.95. The molecule has 1 N–H and O–H groups in total. The summed E-state index contributed by atoms with van der Waals surface area (Å²) < 4.78 is 26.7. The molecule has 4 nitrogen and oxygen atoms in total. The zero-order chi connectivity index (χ0) is 18.0. The van der Waals surface area contributed by atoms with E-state index in [1.807, 2.05) is 43.0 Å². The van der Waals surface area contributed by atoms with Crippen LogP contribution in [0.5, 0.6) is 0 Å². The lowest BCUT2D eigenvalue weighted by atomic mass is 10.1. The topological polar surface area (TPSA) is 49.2 Å². The van der Waals surface area contributed by atoms with Crippen LogP contribution in [-0.4, -0.2) is 28.2 Å². The Morgan fingerprint density at radius 2 is 1.72 bits per heavy atom. The lowest BCUT2D eigenvalue weighted by Gasteiger charge is -2.25. The van der Waals surface area contributed by atoms with Crippen molar-refractivity contribution >= 4 is 16.9 Å². The van der Waals surface area contributed by atoms with Gasteiger partial charge < -0.3 is 10.0 Å². The molecule has 3 rings (SSSR count). The van der Waals surface area contributed by atoms with Gasteiger partial charge >= 0.3 is 0 Å². The zero-order valence-electron chi connectivity index (χ0n) is 14.1. The average molecular weight is 343 g/mol. The SMILES string of the molecule is CCN(CC(O)c1ccc(C)cc1)c1cnc2cc(F)c(F)cc2n1. The smallest absolute Gasteiger partial charge is 0.161 e. The number of halogens is 2. The Morgan fingerprint density at radius 1 is 1.08 bits per heavy atom. The standard InChI is InChI=1S/C19H19F2N3O/c1-3-24(11-18(25)13-6-4-12(2)5-7-13)19-10-22-16-8-14(20)15(21)9-17(16)23-19/h4-10,18,25H,3,11H2,1-2H3. The highest BCUT2D eigenvalue weighted by molar-refractivity contribution is 5.75. The Labute approximate surface area is 144 Å². The molecule has 6 heteroatoms. The van der Waals surface area contributed by atoms with Gasteiger partial charge in [-0.25, -0.2) is 13.8 Å². The van der Waals surface area contributed by atoms with E-state index in [4.69, 9.17) is 0 Å². The molecule has 0 fully saturated rings. The number of nitrogens with zero attached hydrogens (tertiary/aromatic N) is 3. The summed E-state index contributed by atoms with van der Waals surface area (Å²) in [7, 11) is 0. The molecule has 2 aromatic carbocycles. The Morgan fingerprint density at radius 3 is 2.36 bits per heavy atom. The fourth-order valence-corrected chi connectivity index (χ4v) is 2.64. The first-order valence-electron chi connectivity index (χ1n) is 8.09. The third-order valence-corrected chi connectivity index (χ3v) is 4.13. The summed E-state index contributed by atoms with van der Waals surface area (Å²) in [5.41, 5.74) is 2.50. The highest BCUT2D eigenvalue weighted by atomic mass is 19.2. The number of benzene rings is 2. The second kappa shape index (κ2) is 7.11. The lowest BCUT2D eigenvalue weighted by Crippen LogP contribution is -2.29. The highest BCUT2D eigenvalue weighted by Gasteiger charge is 2.15. The molecule has 1 atom stereocenters. The predicted octanol–water partition coefficient (Wildman–Crippen LogP) is 3.78. The van der Waals surface area contributed by atoms with Gasteiger partial charge in [-0.15, -0.1) is 0 Å². The van der Waals surface area contributed by atoms with Crippen LogP contribution in [-0.2, 0) is 0 Å². The fraction of sp³-hybridized carbons (Fsp3) is 0.263. The maximum atomic E-state index is 13.4. The number of fused-ring (bicyclic) bond motifs is 1. The molecule has 0 spiro atoms. The van der Waals surface area contributed by atoms with Crippen molar-refractivity contribution in [2.24, 2.45) is 0 Å². The number of anilines is 1. The van der Waals surface area contributed by atoms with Crippen molar-refractivity contribution in [2.75, 3.05) is 18.0 Å². The number of aromatic nitrogens is 2. The van der Waals surface area contributed by atoms with Gasteiger partial charge in [-0.2, -0.15) is 0 Å². The Hall–Kier alpha value is -2.60. The van der Waals surface area contributed by atoms with Gasteiger partial charge in [-0.1, -0.05) is 29.8 Å². The normalized spacial score (nSPS) is 12.4. The van der Waals surface area contributed by atoms with E-state index in [0.717, 1.165) is 23.3 Å². The highest BCUT2D eigenvalue weighted by Crippen LogP contribution is 2.21. The summed E-state index contributed by atoms with van der Waals surface area (Å²) in [5, 5.41) is 10.5. The fourth-order valence-electron chi connectivity index (χ4n) is 2.64. The molecule has 0 bridgehead atoms. The van der Waals surface area contributed by atoms with E-state index in [1.54, 1.807) is 0 Å². The molecule has 0 amide bonds. The van der Waals surface area contributed by atoms with Gasteiger partial charge in [0.1, 0.15) is 5.82 Å². The van der Waals surface area contributed by atoms with Crippen molar-refractivity contribution in [2.45, 2.75) is 20.0 Å². The third kappa shape index (κ3) is 3.74. The van der Waals surface area contributed by atoms with Crippen LogP contribution in [0.4, 0.5) is 14.6 Å². The summed E-state index contributed by atoms with van der Waals surface area (Å²) in [6.45, 7) is 4.83. The number of likely N-dealkylation sites (N-methyl/N-ethyl adjacent to an activating group) is 1. The van der Waals surface area contributed by atoms with Crippen molar-refractivity contribution in [3.05, 3.63) is 65.4 Å². The van der Waals surface area contributed by atoms with Crippen LogP contribution < -0.4 is 4.90 Å². The van der Waals surface area contributed by atoms with Gasteiger partial charge in [0.05, 0.1) is 23.3 Å². The number of aliphatic hydroxyl groups excluding tert-OH is 1. The van der Waals surface area contributed by atoms with Crippen LogP contribution in [0.25, 0.3) is 11.0 Å². The van der Waals surface area contributed by atoms with Crippen LogP contribution in [0.1, 0.15) is 24.2 Å². The van der Waals surface area contributed by atoms with Gasteiger partial charge in [0.2, 0.25) is 0 Å². The number of rotatable bonds is 5. The lowest BCUT2D eigenvalue weighted by molar-refractivity contribution is 0.183. The van der Waals surface area contributed by atoms with Gasteiger partial charge in [0.25, 0.3) is 0 Å². The Bertz CT molecular complexity index is 884. The summed E-state index contributed by atoms with van der Waals surface area (Å²) in [6.07, 6.45) is 0.813. The molecule has 0 aliphatic heterocycles. The quantitative estimate of drug-likeness (QED) is 0.766. The summed E-state index contributed by atoms with van der Waals surface area (Å²) in [5.74, 6) is -1.40. The average Bonchev–Trinajstić information content (AvgIpc) is 2.60. The van der Waals surface area contributed by atoms with E-state index in [2.05, 4.69) is 9.97 Å². The van der Waals surface area contributed by atoms with Crippen molar-refractivity contribution in [1.29, 1.82) is 0 Å². The zero-order valence-corrected chi connectivity index (χ0v) is 14.1. The van der Waals surface area contributed by atoms with Crippen LogP contribution in [0.3, 0.4) is 0 Å². The number of aliphatic hydroxyl groups is 1. The molecule has 1 unspecified atom stereocenters. The minimum atomic E-state index is -0.957. The molecule has 1 heterocycles. The first kappa shape index (κ1) is 17.2. The van der Waals surface area contributed by atoms with E-state index in [9.17, 15) is 13.9 Å². The molecule has 0 aliphatic rings. The van der Waals surface area contributed by atoms with Crippen molar-refractivity contribution in [1.82, 2.24) is 9.97 Å². The first-order chi connectivity index (χ1) is 12.0. The largest absolute Gasteiger partial charge is 0.387 e. The van der Waals surface area contributed by atoms with Crippen LogP contribution in [0.15, 0.2) is 42.6 Å². The predicted molar refractivity (Wildman–Crippen MR) is 93.5 cm³/mol. The number of hydrogen-bond acceptors (Lipinski definition) is 4. The molecule has 0 saturated carbocycles.